The lowest BCUT2D eigenvalue weighted by molar-refractivity contribution is 0.201. The largest absolute Gasteiger partial charge is 0.464 e. The number of urea groups is 1. The fourth-order valence-corrected chi connectivity index (χ4v) is 5.75. The number of benzene rings is 1. The molecule has 8 nitrogen and oxygen atoms in total. The van der Waals surface area contributed by atoms with Crippen molar-refractivity contribution in [2.45, 2.75) is 17.4 Å². The number of sulfonamides is 1. The van der Waals surface area contributed by atoms with Crippen LogP contribution in [0.1, 0.15) is 5.56 Å². The second-order valence-electron chi connectivity index (χ2n) is 7.57. The van der Waals surface area contributed by atoms with E-state index in [2.05, 4.69) is 4.98 Å². The van der Waals surface area contributed by atoms with Gasteiger partial charge in [-0.05, 0) is 53.5 Å². The van der Waals surface area contributed by atoms with Crippen LogP contribution in [0.2, 0.25) is 0 Å². The van der Waals surface area contributed by atoms with Gasteiger partial charge in [0.05, 0.1) is 17.2 Å². The maximum Gasteiger partial charge on any atom is 0.315 e. The number of pyridine rings is 1. The van der Waals surface area contributed by atoms with E-state index in [0.29, 0.717) is 18.5 Å². The molecule has 0 aliphatic carbocycles. The van der Waals surface area contributed by atoms with E-state index in [1.807, 2.05) is 12.1 Å². The summed E-state index contributed by atoms with van der Waals surface area (Å²) in [6.45, 7) is 0.854. The number of amides is 2. The Morgan fingerprint density at radius 2 is 2.07 bits per heavy atom. The van der Waals surface area contributed by atoms with Crippen LogP contribution >= 0.6 is 0 Å². The van der Waals surface area contributed by atoms with Crippen LogP contribution < -0.4 is 5.73 Å². The minimum Gasteiger partial charge on any atom is -0.464 e. The van der Waals surface area contributed by atoms with Crippen LogP contribution in [0.25, 0.3) is 11.0 Å². The molecule has 1 aromatic carbocycles. The molecular weight excluding hydrogens is 404 g/mol. The maximum absolute atomic E-state index is 13.3. The lowest BCUT2D eigenvalue weighted by Crippen LogP contribution is -2.45. The van der Waals surface area contributed by atoms with Crippen molar-refractivity contribution in [3.63, 3.8) is 0 Å². The minimum absolute atomic E-state index is 0.230. The molecule has 0 spiro atoms. The Labute approximate surface area is 173 Å². The first-order valence-corrected chi connectivity index (χ1v) is 11.0. The van der Waals surface area contributed by atoms with Crippen molar-refractivity contribution in [3.05, 3.63) is 71.8 Å². The Balaban J connectivity index is 1.42. The van der Waals surface area contributed by atoms with Gasteiger partial charge in [0.15, 0.2) is 0 Å². The Hall–Kier alpha value is -3.17. The molecular formula is C21H20N4O4S. The van der Waals surface area contributed by atoms with Gasteiger partial charge in [0.2, 0.25) is 10.0 Å². The van der Waals surface area contributed by atoms with Crippen molar-refractivity contribution < 1.29 is 17.6 Å². The second kappa shape index (κ2) is 6.96. The molecule has 0 saturated heterocycles. The highest BCUT2D eigenvalue weighted by molar-refractivity contribution is 7.89. The van der Waals surface area contributed by atoms with E-state index in [1.54, 1.807) is 41.6 Å². The number of furan rings is 1. The van der Waals surface area contributed by atoms with Crippen molar-refractivity contribution in [2.24, 2.45) is 5.73 Å². The van der Waals surface area contributed by atoms with Crippen LogP contribution in [0.3, 0.4) is 0 Å². The van der Waals surface area contributed by atoms with Crippen LogP contribution in [0, 0.1) is 0 Å². The first-order chi connectivity index (χ1) is 14.4. The number of aromatic nitrogens is 1. The summed E-state index contributed by atoms with van der Waals surface area (Å²) in [4.78, 5) is 18.0. The summed E-state index contributed by atoms with van der Waals surface area (Å²) in [6, 6.07) is 9.61. The zero-order valence-electron chi connectivity index (χ0n) is 16.1. The topological polar surface area (TPSA) is 110 Å². The van der Waals surface area contributed by atoms with E-state index in [1.165, 1.54) is 10.6 Å². The molecule has 9 heteroatoms. The average Bonchev–Trinajstić information content (AvgIpc) is 3.43. The first kappa shape index (κ1) is 18.8. The van der Waals surface area contributed by atoms with Crippen LogP contribution in [0.15, 0.2) is 75.5 Å². The minimum atomic E-state index is -3.68. The third kappa shape index (κ3) is 3.06. The molecule has 2 aliphatic heterocycles. The third-order valence-corrected chi connectivity index (χ3v) is 7.59. The zero-order chi connectivity index (χ0) is 20.9. The number of carbonyl (C=O) groups is 1. The third-order valence-electron chi connectivity index (χ3n) is 5.80. The normalized spacial score (nSPS) is 19.6. The molecule has 3 aromatic rings. The number of rotatable bonds is 4. The average molecular weight is 424 g/mol. The summed E-state index contributed by atoms with van der Waals surface area (Å²) in [5.41, 5.74) is 9.10. The smallest absolute Gasteiger partial charge is 0.315 e. The first-order valence-electron chi connectivity index (χ1n) is 9.56. The van der Waals surface area contributed by atoms with Gasteiger partial charge in [-0.3, -0.25) is 4.98 Å². The van der Waals surface area contributed by atoms with Crippen molar-refractivity contribution in [2.75, 3.05) is 19.6 Å². The van der Waals surface area contributed by atoms with E-state index >= 15 is 0 Å². The molecule has 0 bridgehead atoms. The molecule has 2 amide bonds. The van der Waals surface area contributed by atoms with E-state index in [9.17, 15) is 13.2 Å². The van der Waals surface area contributed by atoms with Crippen molar-refractivity contribution in [3.8, 4) is 0 Å². The number of hydrogen-bond donors (Lipinski definition) is 1. The summed E-state index contributed by atoms with van der Waals surface area (Å²) in [5, 5.41) is 0.741. The highest BCUT2D eigenvalue weighted by atomic mass is 32.2. The summed E-state index contributed by atoms with van der Waals surface area (Å²) >= 11 is 0. The lowest BCUT2D eigenvalue weighted by atomic mass is 10.0. The number of carbonyl (C=O) groups excluding carboxylic acids is 1. The van der Waals surface area contributed by atoms with Gasteiger partial charge in [-0.15, -0.1) is 0 Å². The number of nitrogens with two attached hydrogens (primary N) is 1. The molecule has 0 saturated carbocycles. The number of primary amides is 1. The van der Waals surface area contributed by atoms with Crippen molar-refractivity contribution in [1.82, 2.24) is 14.2 Å². The Bertz CT molecular complexity index is 1270. The fourth-order valence-electron chi connectivity index (χ4n) is 4.30. The number of nitrogens with zero attached hydrogens (tertiary/aromatic N) is 3. The molecule has 2 N–H and O–H groups in total. The predicted octanol–water partition coefficient (Wildman–Crippen LogP) is 2.13. The molecule has 1 atom stereocenters. The standard InChI is InChI=1S/C21H20N4O4S/c22-21(26)25-12-16-11-24(13-18(16)19(25)8-14-2-1-6-23-10-14)30(27,28)17-3-4-20-15(9-17)5-7-29-20/h1-7,9-10,19H,8,11-13H2,(H2,22,26). The lowest BCUT2D eigenvalue weighted by Gasteiger charge is -2.28. The number of fused-ring (bicyclic) bond motifs is 1. The summed E-state index contributed by atoms with van der Waals surface area (Å²) < 4.78 is 33.3. The van der Waals surface area contributed by atoms with Crippen LogP contribution in [0.5, 0.6) is 0 Å². The summed E-state index contributed by atoms with van der Waals surface area (Å²) in [6.07, 6.45) is 5.52. The Morgan fingerprint density at radius 3 is 2.83 bits per heavy atom. The molecule has 30 heavy (non-hydrogen) atoms. The van der Waals surface area contributed by atoms with Gasteiger partial charge >= 0.3 is 6.03 Å². The van der Waals surface area contributed by atoms with Gasteiger partial charge in [-0.1, -0.05) is 6.07 Å². The van der Waals surface area contributed by atoms with Gasteiger partial charge in [-0.2, -0.15) is 4.31 Å². The molecule has 154 valence electrons. The van der Waals surface area contributed by atoms with E-state index < -0.39 is 16.1 Å². The van der Waals surface area contributed by atoms with Crippen LogP contribution in [-0.4, -0.2) is 54.3 Å². The fraction of sp³-hybridized carbons (Fsp3) is 0.238. The molecule has 1 unspecified atom stereocenters. The van der Waals surface area contributed by atoms with Crippen LogP contribution in [0.4, 0.5) is 4.79 Å². The molecule has 4 heterocycles. The maximum atomic E-state index is 13.3. The Morgan fingerprint density at radius 1 is 1.20 bits per heavy atom. The van der Waals surface area contributed by atoms with Crippen LogP contribution in [-0.2, 0) is 16.4 Å². The second-order valence-corrected chi connectivity index (χ2v) is 9.51. The monoisotopic (exact) mass is 424 g/mol. The highest BCUT2D eigenvalue weighted by Crippen LogP contribution is 2.35. The molecule has 2 aromatic heterocycles. The molecule has 0 fully saturated rings. The van der Waals surface area contributed by atoms with E-state index in [0.717, 1.165) is 22.1 Å². The zero-order valence-corrected chi connectivity index (χ0v) is 16.9. The van der Waals surface area contributed by atoms with Gasteiger partial charge in [0.25, 0.3) is 0 Å². The molecule has 5 rings (SSSR count). The van der Waals surface area contributed by atoms with Crippen molar-refractivity contribution in [1.29, 1.82) is 0 Å². The molecule has 2 aliphatic rings. The highest BCUT2D eigenvalue weighted by Gasteiger charge is 2.42. The summed E-state index contributed by atoms with van der Waals surface area (Å²) in [5.74, 6) is 0. The summed E-state index contributed by atoms with van der Waals surface area (Å²) in [7, 11) is -3.68. The van der Waals surface area contributed by atoms with Crippen molar-refractivity contribution >= 4 is 27.0 Å². The Kier molecular flexibility index (Phi) is 4.37. The van der Waals surface area contributed by atoms with Gasteiger partial charge in [-0.25, -0.2) is 13.2 Å². The SMILES string of the molecule is NC(=O)N1CC2=C(CN(S(=O)(=O)c3ccc4occc4c3)C2)C1Cc1cccnc1. The predicted molar refractivity (Wildman–Crippen MR) is 110 cm³/mol. The quantitative estimate of drug-likeness (QED) is 0.645. The van der Waals surface area contributed by atoms with Gasteiger partial charge < -0.3 is 15.1 Å². The van der Waals surface area contributed by atoms with Gasteiger partial charge in [0, 0.05) is 37.4 Å². The van der Waals surface area contributed by atoms with E-state index in [-0.39, 0.29) is 24.0 Å². The number of hydrogen-bond acceptors (Lipinski definition) is 5. The van der Waals surface area contributed by atoms with Gasteiger partial charge in [0.1, 0.15) is 5.58 Å². The van der Waals surface area contributed by atoms with E-state index in [4.69, 9.17) is 10.2 Å². The molecule has 0 radical (unpaired) electrons.